The van der Waals surface area contributed by atoms with Gasteiger partial charge in [-0.05, 0) is 24.3 Å². The smallest absolute Gasteiger partial charge is 0.266 e. The van der Waals surface area contributed by atoms with Crippen molar-refractivity contribution in [3.05, 3.63) is 70.1 Å². The zero-order chi connectivity index (χ0) is 21.0. The fraction of sp³-hybridized carbons (Fsp3) is 0.348. The van der Waals surface area contributed by atoms with E-state index in [0.717, 1.165) is 17.5 Å². The molecule has 0 saturated carbocycles. The van der Waals surface area contributed by atoms with Crippen LogP contribution in [-0.2, 0) is 10.2 Å². The number of carbonyl (C=O) groups is 1. The number of alkyl halides is 2. The number of hydrogen-bond acceptors (Lipinski definition) is 4. The van der Waals surface area contributed by atoms with Crippen molar-refractivity contribution in [1.82, 2.24) is 4.98 Å². The second-order valence-electron chi connectivity index (χ2n) is 8.64. The highest BCUT2D eigenvalue weighted by Crippen LogP contribution is 2.53. The SMILES string of the molecule is CC1(C)CC(=O)C2=C(C1)Nc1ncc(C(F)F)c(C#N)c1[C@]2(C)c1ccccc1. The van der Waals surface area contributed by atoms with Crippen molar-refractivity contribution in [2.45, 2.75) is 45.5 Å². The molecule has 0 radical (unpaired) electrons. The monoisotopic (exact) mass is 393 g/mol. The van der Waals surface area contributed by atoms with Crippen LogP contribution in [0, 0.1) is 16.7 Å². The minimum Gasteiger partial charge on any atom is -0.343 e. The van der Waals surface area contributed by atoms with Gasteiger partial charge >= 0.3 is 0 Å². The van der Waals surface area contributed by atoms with Crippen molar-refractivity contribution >= 4 is 11.6 Å². The average molecular weight is 393 g/mol. The van der Waals surface area contributed by atoms with E-state index in [1.54, 1.807) is 0 Å². The number of halogens is 2. The Labute approximate surface area is 168 Å². The summed E-state index contributed by atoms with van der Waals surface area (Å²) in [7, 11) is 0. The summed E-state index contributed by atoms with van der Waals surface area (Å²) in [5.41, 5.74) is 0.610. The summed E-state index contributed by atoms with van der Waals surface area (Å²) in [4.78, 5) is 17.6. The van der Waals surface area contributed by atoms with E-state index in [0.29, 0.717) is 29.8 Å². The standard InChI is InChI=1S/C23H21F2N3O/c1-22(2)9-16-19(17(29)10-22)23(3,13-7-5-4-6-8-13)18-14(11-26)15(20(24)25)12-27-21(18)28-16/h4-8,12,20H,9-10H2,1-3H3,(H,27,28)/t23-/m0/s1. The summed E-state index contributed by atoms with van der Waals surface area (Å²) >= 11 is 0. The lowest BCUT2D eigenvalue weighted by Gasteiger charge is -2.45. The number of benzene rings is 1. The van der Waals surface area contributed by atoms with Gasteiger partial charge in [0.1, 0.15) is 11.9 Å². The molecule has 1 atom stereocenters. The molecule has 148 valence electrons. The maximum Gasteiger partial charge on any atom is 0.266 e. The van der Waals surface area contributed by atoms with Crippen LogP contribution in [0.25, 0.3) is 0 Å². The number of allylic oxidation sites excluding steroid dienone is 2. The van der Waals surface area contributed by atoms with Gasteiger partial charge in [0.05, 0.1) is 16.5 Å². The van der Waals surface area contributed by atoms with Crippen molar-refractivity contribution in [2.24, 2.45) is 5.41 Å². The van der Waals surface area contributed by atoms with Gasteiger partial charge < -0.3 is 5.32 Å². The number of anilines is 1. The topological polar surface area (TPSA) is 65.8 Å². The van der Waals surface area contributed by atoms with Gasteiger partial charge in [0.15, 0.2) is 5.78 Å². The minimum atomic E-state index is -2.83. The molecule has 0 amide bonds. The molecule has 0 saturated heterocycles. The third kappa shape index (κ3) is 2.84. The molecule has 6 heteroatoms. The molecule has 1 aromatic carbocycles. The van der Waals surface area contributed by atoms with E-state index in [9.17, 15) is 18.8 Å². The van der Waals surface area contributed by atoms with Gasteiger partial charge in [-0.3, -0.25) is 4.79 Å². The maximum absolute atomic E-state index is 13.7. The molecule has 0 spiro atoms. The number of nitrogens with zero attached hydrogens (tertiary/aromatic N) is 2. The Morgan fingerprint density at radius 3 is 2.48 bits per heavy atom. The summed E-state index contributed by atoms with van der Waals surface area (Å²) in [6.07, 6.45) is -0.786. The van der Waals surface area contributed by atoms with E-state index < -0.39 is 17.4 Å². The molecule has 0 bridgehead atoms. The first-order valence-electron chi connectivity index (χ1n) is 9.50. The number of hydrogen-bond donors (Lipinski definition) is 1. The van der Waals surface area contributed by atoms with Gasteiger partial charge in [-0.1, -0.05) is 44.2 Å². The van der Waals surface area contributed by atoms with Crippen molar-refractivity contribution in [1.29, 1.82) is 5.26 Å². The molecule has 4 nitrogen and oxygen atoms in total. The lowest BCUT2D eigenvalue weighted by molar-refractivity contribution is -0.118. The van der Waals surface area contributed by atoms with Crippen LogP contribution in [-0.4, -0.2) is 10.8 Å². The summed E-state index contributed by atoms with van der Waals surface area (Å²) in [6, 6.07) is 11.2. The van der Waals surface area contributed by atoms with Crippen LogP contribution in [0.3, 0.4) is 0 Å². The van der Waals surface area contributed by atoms with Crippen LogP contribution < -0.4 is 5.32 Å². The van der Waals surface area contributed by atoms with E-state index in [2.05, 4.69) is 10.3 Å². The Morgan fingerprint density at radius 1 is 1.17 bits per heavy atom. The number of pyridine rings is 1. The summed E-state index contributed by atoms with van der Waals surface area (Å²) in [5, 5.41) is 13.0. The van der Waals surface area contributed by atoms with Crippen molar-refractivity contribution in [3.63, 3.8) is 0 Å². The number of rotatable bonds is 2. The third-order valence-electron chi connectivity index (χ3n) is 5.95. The van der Waals surface area contributed by atoms with E-state index in [4.69, 9.17) is 0 Å². The Balaban J connectivity index is 2.10. The summed E-state index contributed by atoms with van der Waals surface area (Å²) < 4.78 is 27.3. The van der Waals surface area contributed by atoms with Gasteiger partial charge in [0, 0.05) is 29.5 Å². The van der Waals surface area contributed by atoms with Crippen LogP contribution in [0.2, 0.25) is 0 Å². The van der Waals surface area contributed by atoms with E-state index in [-0.39, 0.29) is 16.8 Å². The number of fused-ring (bicyclic) bond motifs is 1. The number of carbonyl (C=O) groups excluding carboxylic acids is 1. The molecule has 1 aliphatic heterocycles. The second-order valence-corrected chi connectivity index (χ2v) is 8.64. The lowest BCUT2D eigenvalue weighted by Crippen LogP contribution is -2.43. The van der Waals surface area contributed by atoms with Crippen molar-refractivity contribution < 1.29 is 13.6 Å². The number of Topliss-reactive ketones (excluding diaryl/α,β-unsaturated/α-hetero) is 1. The van der Waals surface area contributed by atoms with E-state index in [1.165, 1.54) is 0 Å². The first kappa shape index (κ1) is 19.3. The molecular formula is C23H21F2N3O. The molecule has 29 heavy (non-hydrogen) atoms. The molecule has 1 aromatic heterocycles. The predicted octanol–water partition coefficient (Wildman–Crippen LogP) is 5.27. The number of nitrogens with one attached hydrogen (secondary N) is 1. The molecular weight excluding hydrogens is 372 g/mol. The van der Waals surface area contributed by atoms with E-state index in [1.807, 2.05) is 57.2 Å². The fourth-order valence-electron chi connectivity index (χ4n) is 4.73. The van der Waals surface area contributed by atoms with Gasteiger partial charge in [0.25, 0.3) is 6.43 Å². The minimum absolute atomic E-state index is 0.0351. The molecule has 0 fully saturated rings. The Kier molecular flexibility index (Phi) is 4.30. The number of aromatic nitrogens is 1. The van der Waals surface area contributed by atoms with Crippen LogP contribution in [0.4, 0.5) is 14.6 Å². The van der Waals surface area contributed by atoms with Crippen LogP contribution >= 0.6 is 0 Å². The van der Waals surface area contributed by atoms with Gasteiger partial charge in [-0.25, -0.2) is 13.8 Å². The zero-order valence-electron chi connectivity index (χ0n) is 16.5. The van der Waals surface area contributed by atoms with Crippen molar-refractivity contribution in [2.75, 3.05) is 5.32 Å². The highest BCUT2D eigenvalue weighted by atomic mass is 19.3. The molecule has 0 unspecified atom stereocenters. The highest BCUT2D eigenvalue weighted by molar-refractivity contribution is 6.03. The Bertz CT molecular complexity index is 1080. The van der Waals surface area contributed by atoms with Crippen molar-refractivity contribution in [3.8, 4) is 6.07 Å². The zero-order valence-corrected chi connectivity index (χ0v) is 16.5. The quantitative estimate of drug-likeness (QED) is 0.755. The van der Waals surface area contributed by atoms with Crippen LogP contribution in [0.5, 0.6) is 0 Å². The molecule has 2 aromatic rings. The van der Waals surface area contributed by atoms with Gasteiger partial charge in [-0.2, -0.15) is 5.26 Å². The van der Waals surface area contributed by atoms with Gasteiger partial charge in [0.2, 0.25) is 0 Å². The molecule has 2 heterocycles. The number of nitriles is 1. The first-order valence-corrected chi connectivity index (χ1v) is 9.50. The van der Waals surface area contributed by atoms with E-state index >= 15 is 0 Å². The normalized spacial score (nSPS) is 22.6. The third-order valence-corrected chi connectivity index (χ3v) is 5.95. The Hall–Kier alpha value is -3.07. The molecule has 4 rings (SSSR count). The van der Waals surface area contributed by atoms with Crippen LogP contribution in [0.15, 0.2) is 47.8 Å². The molecule has 2 aliphatic rings. The molecule has 1 N–H and O–H groups in total. The largest absolute Gasteiger partial charge is 0.343 e. The first-order chi connectivity index (χ1) is 13.7. The van der Waals surface area contributed by atoms with Crippen LogP contribution in [0.1, 0.15) is 62.3 Å². The van der Waals surface area contributed by atoms with Gasteiger partial charge in [-0.15, -0.1) is 0 Å². The predicted molar refractivity (Wildman–Crippen MR) is 105 cm³/mol. The maximum atomic E-state index is 13.7. The summed E-state index contributed by atoms with van der Waals surface area (Å²) in [5.74, 6) is 0.327. The lowest BCUT2D eigenvalue weighted by atomic mass is 9.61. The number of ketones is 1. The Morgan fingerprint density at radius 2 is 1.86 bits per heavy atom. The average Bonchev–Trinajstić information content (AvgIpc) is 2.66. The second kappa shape index (κ2) is 6.48. The fourth-order valence-corrected chi connectivity index (χ4v) is 4.73. The highest BCUT2D eigenvalue weighted by Gasteiger charge is 2.49. The summed E-state index contributed by atoms with van der Waals surface area (Å²) in [6.45, 7) is 5.89. The molecule has 1 aliphatic carbocycles.